The maximum absolute atomic E-state index is 11.7. The molecule has 0 unspecified atom stereocenters. The predicted molar refractivity (Wildman–Crippen MR) is 52.8 cm³/mol. The first-order chi connectivity index (χ1) is 6.68. The number of Topliss-reactive ketones (excluding diaryl/α,β-unsaturated/α-hetero) is 1. The van der Waals surface area contributed by atoms with Gasteiger partial charge in [0.2, 0.25) is 5.91 Å². The second-order valence-electron chi connectivity index (χ2n) is 4.49. The topological polar surface area (TPSA) is 37.4 Å². The molecule has 2 rings (SSSR count). The van der Waals surface area contributed by atoms with Crippen LogP contribution < -0.4 is 0 Å². The summed E-state index contributed by atoms with van der Waals surface area (Å²) >= 11 is 0. The Kier molecular flexibility index (Phi) is 2.57. The highest BCUT2D eigenvalue weighted by atomic mass is 16.2. The van der Waals surface area contributed by atoms with Crippen molar-refractivity contribution in [3.63, 3.8) is 0 Å². The van der Waals surface area contributed by atoms with Gasteiger partial charge in [0.1, 0.15) is 5.78 Å². The summed E-state index contributed by atoms with van der Waals surface area (Å²) < 4.78 is 0. The Labute approximate surface area is 84.5 Å². The first-order valence-electron chi connectivity index (χ1n) is 5.47. The van der Waals surface area contributed by atoms with Crippen molar-refractivity contribution in [2.75, 3.05) is 7.05 Å². The summed E-state index contributed by atoms with van der Waals surface area (Å²) in [5, 5.41) is 0. The predicted octanol–water partition coefficient (Wildman–Crippen LogP) is 1.37. The third kappa shape index (κ3) is 1.97. The van der Waals surface area contributed by atoms with Crippen LogP contribution in [0.1, 0.15) is 38.5 Å². The summed E-state index contributed by atoms with van der Waals surface area (Å²) in [7, 11) is 1.89. The van der Waals surface area contributed by atoms with Crippen LogP contribution in [-0.4, -0.2) is 29.7 Å². The zero-order valence-electron chi connectivity index (χ0n) is 8.66. The van der Waals surface area contributed by atoms with Gasteiger partial charge in [0.05, 0.1) is 0 Å². The minimum atomic E-state index is 0.296. The van der Waals surface area contributed by atoms with Crippen molar-refractivity contribution in [2.24, 2.45) is 5.92 Å². The zero-order valence-corrected chi connectivity index (χ0v) is 8.66. The number of carbonyl (C=O) groups is 2. The quantitative estimate of drug-likeness (QED) is 0.667. The number of ketones is 1. The molecular formula is C11H17NO2. The summed E-state index contributed by atoms with van der Waals surface area (Å²) in [6.45, 7) is 0. The second kappa shape index (κ2) is 3.71. The Bertz CT molecular complexity index is 248. The Hall–Kier alpha value is -0.860. The van der Waals surface area contributed by atoms with Gasteiger partial charge in [-0.2, -0.15) is 0 Å². The SMILES string of the molecule is CN(C(=O)C1CC1)C1CCC(=O)CC1. The van der Waals surface area contributed by atoms with Gasteiger partial charge in [0.15, 0.2) is 0 Å². The van der Waals surface area contributed by atoms with Gasteiger partial charge in [-0.05, 0) is 25.7 Å². The van der Waals surface area contributed by atoms with Crippen LogP contribution in [0.2, 0.25) is 0 Å². The molecule has 2 aliphatic rings. The second-order valence-corrected chi connectivity index (χ2v) is 4.49. The summed E-state index contributed by atoms with van der Waals surface area (Å²) in [5.74, 6) is 0.954. The molecule has 0 aromatic rings. The van der Waals surface area contributed by atoms with Crippen molar-refractivity contribution in [2.45, 2.75) is 44.6 Å². The van der Waals surface area contributed by atoms with Crippen LogP contribution in [0.3, 0.4) is 0 Å². The third-order valence-electron chi connectivity index (χ3n) is 3.33. The van der Waals surface area contributed by atoms with Gasteiger partial charge in [0.25, 0.3) is 0 Å². The Morgan fingerprint density at radius 2 is 1.79 bits per heavy atom. The highest BCUT2D eigenvalue weighted by molar-refractivity contribution is 5.82. The van der Waals surface area contributed by atoms with Gasteiger partial charge in [-0.15, -0.1) is 0 Å². The van der Waals surface area contributed by atoms with E-state index in [0.29, 0.717) is 36.5 Å². The van der Waals surface area contributed by atoms with Crippen molar-refractivity contribution in [3.05, 3.63) is 0 Å². The van der Waals surface area contributed by atoms with Crippen LogP contribution >= 0.6 is 0 Å². The van der Waals surface area contributed by atoms with Crippen molar-refractivity contribution >= 4 is 11.7 Å². The lowest BCUT2D eigenvalue weighted by Gasteiger charge is -2.30. The molecule has 0 aromatic carbocycles. The minimum absolute atomic E-state index is 0.296. The van der Waals surface area contributed by atoms with Gasteiger partial charge in [-0.3, -0.25) is 9.59 Å². The lowest BCUT2D eigenvalue weighted by Crippen LogP contribution is -2.40. The fraction of sp³-hybridized carbons (Fsp3) is 0.818. The van der Waals surface area contributed by atoms with E-state index < -0.39 is 0 Å². The summed E-state index contributed by atoms with van der Waals surface area (Å²) in [5.41, 5.74) is 0. The minimum Gasteiger partial charge on any atom is -0.343 e. The molecule has 0 N–H and O–H groups in total. The van der Waals surface area contributed by atoms with Crippen molar-refractivity contribution in [1.82, 2.24) is 4.90 Å². The van der Waals surface area contributed by atoms with E-state index in [4.69, 9.17) is 0 Å². The molecule has 0 atom stereocenters. The molecule has 2 fully saturated rings. The average Bonchev–Trinajstić information content (AvgIpc) is 3.00. The highest BCUT2D eigenvalue weighted by Crippen LogP contribution is 2.32. The van der Waals surface area contributed by atoms with Gasteiger partial charge < -0.3 is 4.90 Å². The lowest BCUT2D eigenvalue weighted by molar-refractivity contribution is -0.135. The van der Waals surface area contributed by atoms with E-state index in [0.717, 1.165) is 25.7 Å². The Morgan fingerprint density at radius 1 is 1.21 bits per heavy atom. The smallest absolute Gasteiger partial charge is 0.225 e. The number of nitrogens with zero attached hydrogens (tertiary/aromatic N) is 1. The fourth-order valence-corrected chi connectivity index (χ4v) is 2.11. The first-order valence-corrected chi connectivity index (χ1v) is 5.47. The molecule has 0 saturated heterocycles. The Morgan fingerprint density at radius 3 is 2.29 bits per heavy atom. The summed E-state index contributed by atoms with van der Waals surface area (Å²) in [4.78, 5) is 24.6. The molecule has 3 nitrogen and oxygen atoms in total. The van der Waals surface area contributed by atoms with E-state index in [1.54, 1.807) is 0 Å². The molecule has 1 amide bonds. The van der Waals surface area contributed by atoms with Crippen molar-refractivity contribution in [3.8, 4) is 0 Å². The fourth-order valence-electron chi connectivity index (χ4n) is 2.11. The maximum atomic E-state index is 11.7. The van der Waals surface area contributed by atoms with E-state index in [-0.39, 0.29) is 0 Å². The molecule has 2 aliphatic carbocycles. The molecule has 14 heavy (non-hydrogen) atoms. The number of hydrogen-bond acceptors (Lipinski definition) is 2. The monoisotopic (exact) mass is 195 g/mol. The highest BCUT2D eigenvalue weighted by Gasteiger charge is 2.35. The van der Waals surface area contributed by atoms with E-state index >= 15 is 0 Å². The molecular weight excluding hydrogens is 178 g/mol. The van der Waals surface area contributed by atoms with Crippen LogP contribution in [0.5, 0.6) is 0 Å². The molecule has 0 bridgehead atoms. The van der Waals surface area contributed by atoms with Crippen molar-refractivity contribution < 1.29 is 9.59 Å². The van der Waals surface area contributed by atoms with Gasteiger partial charge in [0, 0.05) is 31.8 Å². The molecule has 0 aromatic heterocycles. The normalized spacial score (nSPS) is 23.6. The molecule has 2 saturated carbocycles. The molecule has 0 heterocycles. The standard InChI is InChI=1S/C11H17NO2/c1-12(11(14)8-2-3-8)9-4-6-10(13)7-5-9/h8-9H,2-7H2,1H3. The van der Waals surface area contributed by atoms with Gasteiger partial charge in [-0.25, -0.2) is 0 Å². The third-order valence-corrected chi connectivity index (χ3v) is 3.33. The number of rotatable bonds is 2. The van der Waals surface area contributed by atoms with Crippen LogP contribution in [0.4, 0.5) is 0 Å². The van der Waals surface area contributed by atoms with E-state index in [1.807, 2.05) is 11.9 Å². The van der Waals surface area contributed by atoms with Crippen LogP contribution in [0.25, 0.3) is 0 Å². The summed E-state index contributed by atoms with van der Waals surface area (Å²) in [6.07, 6.45) is 5.19. The van der Waals surface area contributed by atoms with Crippen molar-refractivity contribution in [1.29, 1.82) is 0 Å². The zero-order chi connectivity index (χ0) is 10.1. The van der Waals surface area contributed by atoms with Gasteiger partial charge >= 0.3 is 0 Å². The van der Waals surface area contributed by atoms with E-state index in [9.17, 15) is 9.59 Å². The maximum Gasteiger partial charge on any atom is 0.225 e. The van der Waals surface area contributed by atoms with Crippen LogP contribution in [0, 0.1) is 5.92 Å². The molecule has 0 radical (unpaired) electrons. The van der Waals surface area contributed by atoms with E-state index in [2.05, 4.69) is 0 Å². The number of hydrogen-bond donors (Lipinski definition) is 0. The largest absolute Gasteiger partial charge is 0.343 e. The molecule has 3 heteroatoms. The first kappa shape index (κ1) is 9.69. The van der Waals surface area contributed by atoms with Crippen LogP contribution in [-0.2, 0) is 9.59 Å². The number of carbonyl (C=O) groups excluding carboxylic acids is 2. The molecule has 0 spiro atoms. The lowest BCUT2D eigenvalue weighted by atomic mass is 9.93. The average molecular weight is 195 g/mol. The van der Waals surface area contributed by atoms with Crippen LogP contribution in [0.15, 0.2) is 0 Å². The van der Waals surface area contributed by atoms with Gasteiger partial charge in [-0.1, -0.05) is 0 Å². The Balaban J connectivity index is 1.87. The van der Waals surface area contributed by atoms with E-state index in [1.165, 1.54) is 0 Å². The summed E-state index contributed by atoms with van der Waals surface area (Å²) in [6, 6.07) is 0.320. The number of amides is 1. The molecule has 0 aliphatic heterocycles. The molecule has 78 valence electrons.